The number of rotatable bonds is 6. The highest BCUT2D eigenvalue weighted by Crippen LogP contribution is 2.39. The van der Waals surface area contributed by atoms with Gasteiger partial charge in [0.05, 0.1) is 9.81 Å². The van der Waals surface area contributed by atoms with E-state index in [-0.39, 0.29) is 17.1 Å². The van der Waals surface area contributed by atoms with Crippen molar-refractivity contribution in [1.82, 2.24) is 0 Å². The Labute approximate surface area is 182 Å². The number of carbonyl (C=O) groups excluding carboxylic acids is 2. The first-order valence-electron chi connectivity index (χ1n) is 8.49. The maximum absolute atomic E-state index is 12.8. The van der Waals surface area contributed by atoms with Crippen LogP contribution in [0.5, 0.6) is 0 Å². The van der Waals surface area contributed by atoms with Gasteiger partial charge in [-0.15, -0.1) is 23.5 Å². The third-order valence-electron chi connectivity index (χ3n) is 3.84. The van der Waals surface area contributed by atoms with Gasteiger partial charge in [-0.1, -0.05) is 59.6 Å². The number of allylic oxidation sites excluding steroid dienone is 3. The van der Waals surface area contributed by atoms with E-state index in [0.717, 1.165) is 26.9 Å². The summed E-state index contributed by atoms with van der Waals surface area (Å²) in [4.78, 5) is 25.6. The summed E-state index contributed by atoms with van der Waals surface area (Å²) in [5.74, 6) is 1.20. The number of thioether (sulfide) groups is 2. The molecule has 0 amide bonds. The molecule has 1 heterocycles. The van der Waals surface area contributed by atoms with Crippen molar-refractivity contribution in [2.45, 2.75) is 0 Å². The average Bonchev–Trinajstić information content (AvgIpc) is 3.21. The second-order valence-electron chi connectivity index (χ2n) is 5.86. The zero-order chi connectivity index (χ0) is 19.9. The van der Waals surface area contributed by atoms with Gasteiger partial charge in [-0.25, -0.2) is 0 Å². The van der Waals surface area contributed by atoms with E-state index in [4.69, 9.17) is 23.2 Å². The Balaban J connectivity index is 1.81. The van der Waals surface area contributed by atoms with Crippen molar-refractivity contribution in [3.8, 4) is 0 Å². The smallest absolute Gasteiger partial charge is 0.191 e. The van der Waals surface area contributed by atoms with Crippen molar-refractivity contribution >= 4 is 70.4 Å². The lowest BCUT2D eigenvalue weighted by Gasteiger charge is -2.04. The van der Waals surface area contributed by atoms with Crippen LogP contribution in [0.4, 0.5) is 0 Å². The monoisotopic (exact) mass is 446 g/mol. The third-order valence-corrected chi connectivity index (χ3v) is 7.06. The van der Waals surface area contributed by atoms with Gasteiger partial charge in [0.1, 0.15) is 0 Å². The Kier molecular flexibility index (Phi) is 7.63. The van der Waals surface area contributed by atoms with E-state index in [2.05, 4.69) is 0 Å². The molecule has 2 nitrogen and oxygen atoms in total. The zero-order valence-electron chi connectivity index (χ0n) is 14.7. The fourth-order valence-electron chi connectivity index (χ4n) is 2.44. The van der Waals surface area contributed by atoms with Crippen molar-refractivity contribution in [2.24, 2.45) is 0 Å². The van der Waals surface area contributed by atoms with Crippen LogP contribution >= 0.6 is 46.7 Å². The van der Waals surface area contributed by atoms with Gasteiger partial charge in [-0.3, -0.25) is 9.59 Å². The minimum absolute atomic E-state index is 0.225. The molecule has 3 rings (SSSR count). The quantitative estimate of drug-likeness (QED) is 0.286. The third kappa shape index (κ3) is 5.89. The molecule has 0 N–H and O–H groups in total. The van der Waals surface area contributed by atoms with Crippen molar-refractivity contribution in [3.05, 3.63) is 91.7 Å². The summed E-state index contributed by atoms with van der Waals surface area (Å²) in [7, 11) is 0. The second-order valence-corrected chi connectivity index (χ2v) is 9.20. The van der Waals surface area contributed by atoms with Crippen LogP contribution in [0.1, 0.15) is 11.1 Å². The molecule has 0 bridgehead atoms. The molecule has 0 radical (unpaired) electrons. The molecule has 1 saturated heterocycles. The van der Waals surface area contributed by atoms with Crippen LogP contribution in [0.15, 0.2) is 70.5 Å². The molecular formula is C22H16Cl2O2S2. The Morgan fingerprint density at radius 1 is 0.714 bits per heavy atom. The summed E-state index contributed by atoms with van der Waals surface area (Å²) < 4.78 is 0.788. The van der Waals surface area contributed by atoms with Crippen LogP contribution in [0, 0.1) is 0 Å². The molecule has 1 fully saturated rings. The minimum atomic E-state index is -0.294. The summed E-state index contributed by atoms with van der Waals surface area (Å²) in [6.45, 7) is 0. The van der Waals surface area contributed by atoms with E-state index < -0.39 is 0 Å². The van der Waals surface area contributed by atoms with Crippen LogP contribution < -0.4 is 0 Å². The van der Waals surface area contributed by atoms with Crippen molar-refractivity contribution in [1.29, 1.82) is 0 Å². The standard InChI is InChI=1S/C22H16Cl2O2S2/c23-17-7-1-15(2-8-17)5-11-19(25)21(22-27-13-14-28-22)20(26)12-6-16-3-9-18(24)10-4-16/h1-12H,13-14H2/b11-5+,12-6+. The fraction of sp³-hybridized carbons (Fsp3) is 0.0909. The Morgan fingerprint density at radius 3 is 1.50 bits per heavy atom. The molecule has 0 aliphatic carbocycles. The molecule has 0 saturated carbocycles. The molecular weight excluding hydrogens is 431 g/mol. The summed E-state index contributed by atoms with van der Waals surface area (Å²) in [6.07, 6.45) is 6.28. The van der Waals surface area contributed by atoms with Crippen LogP contribution in [-0.4, -0.2) is 23.1 Å². The summed E-state index contributed by atoms with van der Waals surface area (Å²) in [5, 5.41) is 1.26. The molecule has 142 valence electrons. The minimum Gasteiger partial charge on any atom is -0.289 e. The van der Waals surface area contributed by atoms with E-state index in [0.29, 0.717) is 10.0 Å². The molecule has 0 atom stereocenters. The van der Waals surface area contributed by atoms with Crippen LogP contribution in [0.2, 0.25) is 10.0 Å². The van der Waals surface area contributed by atoms with Crippen molar-refractivity contribution in [2.75, 3.05) is 11.5 Å². The van der Waals surface area contributed by atoms with Crippen LogP contribution in [-0.2, 0) is 9.59 Å². The first kappa shape index (κ1) is 21.0. The van der Waals surface area contributed by atoms with Crippen molar-refractivity contribution in [3.63, 3.8) is 0 Å². The molecule has 1 aliphatic heterocycles. The SMILES string of the molecule is O=C(/C=C/c1ccc(Cl)cc1)C(C(=O)/C=C/c1ccc(Cl)cc1)=C1SCCS1. The number of carbonyl (C=O) groups is 2. The van der Waals surface area contributed by atoms with Crippen LogP contribution in [0.3, 0.4) is 0 Å². The Morgan fingerprint density at radius 2 is 1.11 bits per heavy atom. The summed E-state index contributed by atoms with van der Waals surface area (Å²) in [5.41, 5.74) is 1.92. The average molecular weight is 447 g/mol. The summed E-state index contributed by atoms with van der Waals surface area (Å²) in [6, 6.07) is 14.3. The van der Waals surface area contributed by atoms with E-state index in [1.54, 1.807) is 59.9 Å². The molecule has 0 spiro atoms. The lowest BCUT2D eigenvalue weighted by Crippen LogP contribution is -2.10. The molecule has 28 heavy (non-hydrogen) atoms. The van der Waals surface area contributed by atoms with Gasteiger partial charge in [-0.05, 0) is 47.5 Å². The molecule has 2 aromatic carbocycles. The zero-order valence-corrected chi connectivity index (χ0v) is 17.9. The van der Waals surface area contributed by atoms with Gasteiger partial charge in [0.25, 0.3) is 0 Å². The number of halogens is 2. The Bertz CT molecular complexity index is 882. The van der Waals surface area contributed by atoms with Crippen LogP contribution in [0.25, 0.3) is 12.2 Å². The number of hydrogen-bond acceptors (Lipinski definition) is 4. The fourth-order valence-corrected chi connectivity index (χ4v) is 5.25. The number of benzene rings is 2. The summed E-state index contributed by atoms with van der Waals surface area (Å²) >= 11 is 14.9. The predicted octanol–water partition coefficient (Wildman–Crippen LogP) is 6.55. The molecule has 0 aromatic heterocycles. The van der Waals surface area contributed by atoms with Gasteiger partial charge in [0.2, 0.25) is 0 Å². The molecule has 1 aliphatic rings. The van der Waals surface area contributed by atoms with Gasteiger partial charge in [0.15, 0.2) is 11.6 Å². The largest absolute Gasteiger partial charge is 0.289 e. The predicted molar refractivity (Wildman–Crippen MR) is 123 cm³/mol. The van der Waals surface area contributed by atoms with Gasteiger partial charge < -0.3 is 0 Å². The molecule has 0 unspecified atom stereocenters. The first-order chi connectivity index (χ1) is 13.5. The first-order valence-corrected chi connectivity index (χ1v) is 11.2. The lowest BCUT2D eigenvalue weighted by molar-refractivity contribution is -0.116. The van der Waals surface area contributed by atoms with E-state index in [9.17, 15) is 9.59 Å². The van der Waals surface area contributed by atoms with E-state index in [1.165, 1.54) is 12.2 Å². The van der Waals surface area contributed by atoms with Gasteiger partial charge >= 0.3 is 0 Å². The normalized spacial score (nSPS) is 14.1. The topological polar surface area (TPSA) is 34.1 Å². The van der Waals surface area contributed by atoms with E-state index >= 15 is 0 Å². The van der Waals surface area contributed by atoms with Gasteiger partial charge in [0, 0.05) is 21.6 Å². The maximum Gasteiger partial charge on any atom is 0.191 e. The van der Waals surface area contributed by atoms with E-state index in [1.807, 2.05) is 24.3 Å². The van der Waals surface area contributed by atoms with Crippen molar-refractivity contribution < 1.29 is 9.59 Å². The molecule has 6 heteroatoms. The second kappa shape index (κ2) is 10.2. The maximum atomic E-state index is 12.8. The lowest BCUT2D eigenvalue weighted by atomic mass is 10.1. The Hall–Kier alpha value is -1.72. The number of hydrogen-bond donors (Lipinski definition) is 0. The van der Waals surface area contributed by atoms with Gasteiger partial charge in [-0.2, -0.15) is 0 Å². The highest BCUT2D eigenvalue weighted by molar-refractivity contribution is 8.25. The highest BCUT2D eigenvalue weighted by Gasteiger charge is 2.23. The number of ketones is 2. The highest BCUT2D eigenvalue weighted by atomic mass is 35.5. The molecule has 2 aromatic rings.